The number of H-pyrrole nitrogens is 1. The SMILES string of the molecule is C=CCOC(=O)C(C)(C)OC(=O)c1cc(-n2c(=O)cc(C(Cl)(Cl)Cl)[nH]c2=O)ccc1Cl. The third kappa shape index (κ3) is 5.92. The van der Waals surface area contributed by atoms with Crippen LogP contribution in [0, 0.1) is 0 Å². The lowest BCUT2D eigenvalue weighted by atomic mass is 10.1. The number of carbonyl (C=O) groups is 2. The van der Waals surface area contributed by atoms with E-state index in [0.29, 0.717) is 4.57 Å². The second-order valence-electron chi connectivity index (χ2n) is 6.61. The number of nitrogens with one attached hydrogen (secondary N) is 1. The maximum Gasteiger partial charge on any atom is 0.350 e. The number of hydrogen-bond donors (Lipinski definition) is 1. The number of aromatic nitrogens is 2. The van der Waals surface area contributed by atoms with Crippen molar-refractivity contribution < 1.29 is 19.1 Å². The summed E-state index contributed by atoms with van der Waals surface area (Å²) < 4.78 is 8.81. The van der Waals surface area contributed by atoms with Gasteiger partial charge in [-0.15, -0.1) is 0 Å². The number of aromatic amines is 1. The van der Waals surface area contributed by atoms with E-state index in [1.165, 1.54) is 32.1 Å². The van der Waals surface area contributed by atoms with Gasteiger partial charge < -0.3 is 14.5 Å². The fraction of sp³-hybridized carbons (Fsp3) is 0.263. The van der Waals surface area contributed by atoms with Gasteiger partial charge in [-0.3, -0.25) is 4.79 Å². The van der Waals surface area contributed by atoms with Crippen LogP contribution in [0.1, 0.15) is 29.9 Å². The predicted octanol–water partition coefficient (Wildman–Crippen LogP) is 3.67. The van der Waals surface area contributed by atoms with Gasteiger partial charge in [-0.25, -0.2) is 19.0 Å². The summed E-state index contributed by atoms with van der Waals surface area (Å²) in [6.45, 7) is 6.03. The molecule has 2 rings (SSSR count). The van der Waals surface area contributed by atoms with Crippen molar-refractivity contribution in [3.8, 4) is 5.69 Å². The van der Waals surface area contributed by atoms with Crippen LogP contribution in [0.15, 0.2) is 46.5 Å². The lowest BCUT2D eigenvalue weighted by molar-refractivity contribution is -0.161. The van der Waals surface area contributed by atoms with Crippen molar-refractivity contribution in [2.45, 2.75) is 23.2 Å². The van der Waals surface area contributed by atoms with Crippen LogP contribution in [0.2, 0.25) is 5.02 Å². The highest BCUT2D eigenvalue weighted by molar-refractivity contribution is 6.66. The molecule has 0 spiro atoms. The maximum absolute atomic E-state index is 12.6. The summed E-state index contributed by atoms with van der Waals surface area (Å²) in [6.07, 6.45) is 1.36. The first-order valence-corrected chi connectivity index (χ1v) is 10.0. The fourth-order valence-electron chi connectivity index (χ4n) is 2.34. The molecule has 0 atom stereocenters. The third-order valence-corrected chi connectivity index (χ3v) is 4.78. The van der Waals surface area contributed by atoms with Crippen molar-refractivity contribution >= 4 is 58.3 Å². The van der Waals surface area contributed by atoms with Gasteiger partial charge in [0.25, 0.3) is 5.56 Å². The van der Waals surface area contributed by atoms with Crippen LogP contribution in [0.5, 0.6) is 0 Å². The summed E-state index contributed by atoms with van der Waals surface area (Å²) >= 11 is 23.2. The number of halogens is 4. The number of carbonyl (C=O) groups excluding carboxylic acids is 2. The molecular weight excluding hydrogens is 494 g/mol. The third-order valence-electron chi connectivity index (χ3n) is 3.84. The molecule has 0 aliphatic rings. The highest BCUT2D eigenvalue weighted by Crippen LogP contribution is 2.35. The summed E-state index contributed by atoms with van der Waals surface area (Å²) in [4.78, 5) is 51.8. The molecule has 1 N–H and O–H groups in total. The zero-order chi connectivity index (χ0) is 23.6. The van der Waals surface area contributed by atoms with Gasteiger partial charge in [0, 0.05) is 6.07 Å². The number of esters is 2. The Labute approximate surface area is 196 Å². The smallest absolute Gasteiger partial charge is 0.350 e. The van der Waals surface area contributed by atoms with Crippen LogP contribution in [-0.4, -0.2) is 33.7 Å². The average molecular weight is 510 g/mol. The zero-order valence-corrected chi connectivity index (χ0v) is 19.2. The minimum atomic E-state index is -2.02. The standard InChI is InChI=1S/C19H16Cl4N2O6/c1-4-7-30-16(28)18(2,3)31-15(27)11-8-10(5-6-12(11)20)25-14(26)9-13(19(21,22)23)24-17(25)29/h4-6,8-9H,1,7H2,2-3H3,(H,24,29). The fourth-order valence-corrected chi connectivity index (χ4v) is 2.84. The summed E-state index contributed by atoms with van der Waals surface area (Å²) in [5.41, 5.74) is -3.80. The average Bonchev–Trinajstić information content (AvgIpc) is 2.65. The lowest BCUT2D eigenvalue weighted by Crippen LogP contribution is -2.39. The molecule has 0 aliphatic carbocycles. The van der Waals surface area contributed by atoms with E-state index in [0.717, 1.165) is 12.1 Å². The normalized spacial score (nSPS) is 11.7. The van der Waals surface area contributed by atoms with E-state index < -0.39 is 32.6 Å². The van der Waals surface area contributed by atoms with Crippen LogP contribution in [0.25, 0.3) is 5.69 Å². The molecule has 0 fully saturated rings. The van der Waals surface area contributed by atoms with E-state index in [9.17, 15) is 19.2 Å². The van der Waals surface area contributed by atoms with Gasteiger partial charge in [0.05, 0.1) is 22.0 Å². The molecule has 8 nitrogen and oxygen atoms in total. The molecule has 0 bridgehead atoms. The van der Waals surface area contributed by atoms with Crippen LogP contribution in [0.3, 0.4) is 0 Å². The largest absolute Gasteiger partial charge is 0.459 e. The number of nitrogens with zero attached hydrogens (tertiary/aromatic N) is 1. The highest BCUT2D eigenvalue weighted by Gasteiger charge is 2.35. The Balaban J connectivity index is 2.44. The quantitative estimate of drug-likeness (QED) is 0.361. The van der Waals surface area contributed by atoms with Crippen molar-refractivity contribution in [3.05, 3.63) is 74.0 Å². The molecular formula is C19H16Cl4N2O6. The van der Waals surface area contributed by atoms with Crippen molar-refractivity contribution in [2.24, 2.45) is 0 Å². The molecule has 0 saturated heterocycles. The van der Waals surface area contributed by atoms with Crippen LogP contribution < -0.4 is 11.2 Å². The van der Waals surface area contributed by atoms with E-state index in [1.807, 2.05) is 0 Å². The van der Waals surface area contributed by atoms with Crippen molar-refractivity contribution in [2.75, 3.05) is 6.61 Å². The van der Waals surface area contributed by atoms with Crippen LogP contribution in [-0.2, 0) is 18.1 Å². The Morgan fingerprint density at radius 2 is 1.84 bits per heavy atom. The van der Waals surface area contributed by atoms with Gasteiger partial charge in [-0.05, 0) is 32.0 Å². The number of rotatable bonds is 6. The second kappa shape index (κ2) is 9.48. The minimum Gasteiger partial charge on any atom is -0.459 e. The molecule has 1 aromatic carbocycles. The van der Waals surface area contributed by atoms with Crippen LogP contribution in [0.4, 0.5) is 0 Å². The summed E-state index contributed by atoms with van der Waals surface area (Å²) in [5.74, 6) is -1.78. The van der Waals surface area contributed by atoms with E-state index in [4.69, 9.17) is 55.9 Å². The molecule has 2 aromatic rings. The van der Waals surface area contributed by atoms with Gasteiger partial charge in [-0.2, -0.15) is 0 Å². The molecule has 31 heavy (non-hydrogen) atoms. The van der Waals surface area contributed by atoms with Gasteiger partial charge in [0.1, 0.15) is 6.61 Å². The lowest BCUT2D eigenvalue weighted by Gasteiger charge is -2.23. The van der Waals surface area contributed by atoms with Gasteiger partial charge >= 0.3 is 17.6 Å². The topological polar surface area (TPSA) is 107 Å². The Hall–Kier alpha value is -2.26. The van der Waals surface area contributed by atoms with E-state index in [-0.39, 0.29) is 28.6 Å². The Morgan fingerprint density at radius 3 is 2.39 bits per heavy atom. The molecule has 0 amide bonds. The molecule has 12 heteroatoms. The van der Waals surface area contributed by atoms with Crippen molar-refractivity contribution in [3.63, 3.8) is 0 Å². The van der Waals surface area contributed by atoms with Crippen LogP contribution >= 0.6 is 46.4 Å². The van der Waals surface area contributed by atoms with Crippen molar-refractivity contribution in [1.29, 1.82) is 0 Å². The van der Waals surface area contributed by atoms with E-state index in [1.54, 1.807) is 0 Å². The molecule has 0 radical (unpaired) electrons. The predicted molar refractivity (Wildman–Crippen MR) is 118 cm³/mol. The van der Waals surface area contributed by atoms with Gasteiger partial charge in [0.2, 0.25) is 9.39 Å². The molecule has 0 saturated carbocycles. The van der Waals surface area contributed by atoms with Gasteiger partial charge in [-0.1, -0.05) is 59.1 Å². The number of benzene rings is 1. The molecule has 166 valence electrons. The monoisotopic (exact) mass is 508 g/mol. The summed E-state index contributed by atoms with van der Waals surface area (Å²) in [6, 6.07) is 4.70. The second-order valence-corrected chi connectivity index (χ2v) is 9.30. The maximum atomic E-state index is 12.6. The first kappa shape index (κ1) is 25.0. The van der Waals surface area contributed by atoms with Crippen molar-refractivity contribution in [1.82, 2.24) is 9.55 Å². The first-order valence-electron chi connectivity index (χ1n) is 8.53. The zero-order valence-electron chi connectivity index (χ0n) is 16.2. The first-order chi connectivity index (χ1) is 14.3. The van der Waals surface area contributed by atoms with E-state index in [2.05, 4.69) is 11.6 Å². The Bertz CT molecular complexity index is 1120. The Morgan fingerprint density at radius 1 is 1.19 bits per heavy atom. The number of hydrogen-bond acceptors (Lipinski definition) is 6. The summed E-state index contributed by atoms with van der Waals surface area (Å²) in [5, 5.41) is -0.0357. The number of ether oxygens (including phenoxy) is 2. The van der Waals surface area contributed by atoms with E-state index >= 15 is 0 Å². The highest BCUT2D eigenvalue weighted by atomic mass is 35.6. The Kier molecular flexibility index (Phi) is 7.65. The molecule has 1 aromatic heterocycles. The van der Waals surface area contributed by atoms with Gasteiger partial charge in [0.15, 0.2) is 0 Å². The molecule has 1 heterocycles. The minimum absolute atomic E-state index is 0.00879. The summed E-state index contributed by atoms with van der Waals surface area (Å²) in [7, 11) is 0. The number of alkyl halides is 3. The molecule has 0 unspecified atom stereocenters. The molecule has 0 aliphatic heterocycles.